The van der Waals surface area contributed by atoms with Gasteiger partial charge in [0, 0.05) is 0 Å². The normalized spacial score (nSPS) is 24.6. The van der Waals surface area contributed by atoms with Crippen molar-refractivity contribution in [1.29, 1.82) is 0 Å². The van der Waals surface area contributed by atoms with Crippen LogP contribution in [0.5, 0.6) is 0 Å². The first-order chi connectivity index (χ1) is 6.37. The summed E-state index contributed by atoms with van der Waals surface area (Å²) in [6.07, 6.45) is -1.44. The molecule has 0 bridgehead atoms. The number of carbonyl (C=O) groups is 2. The highest BCUT2D eigenvalue weighted by atomic mass is 32.2. The number of hydrogen-bond donors (Lipinski definition) is 1. The van der Waals surface area contributed by atoms with Crippen LogP contribution in [-0.2, 0) is 19.4 Å². The molecule has 0 radical (unpaired) electrons. The number of rotatable bonds is 1. The Labute approximate surface area is 80.2 Å². The van der Waals surface area contributed by atoms with Gasteiger partial charge in [0.1, 0.15) is 11.9 Å². The van der Waals surface area contributed by atoms with Gasteiger partial charge in [-0.25, -0.2) is 18.0 Å². The molecular formula is C6H9NO6S. The highest BCUT2D eigenvalue weighted by molar-refractivity contribution is 7.91. The second-order valence-corrected chi connectivity index (χ2v) is 4.91. The monoisotopic (exact) mass is 223 g/mol. The zero-order chi connectivity index (χ0) is 10.9. The maximum absolute atomic E-state index is 11.1. The smallest absolute Gasteiger partial charge is 0.408 e. The van der Waals surface area contributed by atoms with Crippen LogP contribution < -0.4 is 0 Å². The number of carboxylic acid groups (broad SMARTS) is 1. The van der Waals surface area contributed by atoms with E-state index >= 15 is 0 Å². The van der Waals surface area contributed by atoms with Crippen molar-refractivity contribution in [3.05, 3.63) is 0 Å². The molecule has 0 aliphatic carbocycles. The number of esters is 1. The van der Waals surface area contributed by atoms with Crippen LogP contribution in [0, 0.1) is 0 Å². The van der Waals surface area contributed by atoms with Gasteiger partial charge < -0.3 is 9.84 Å². The minimum Gasteiger partial charge on any atom is -0.467 e. The van der Waals surface area contributed by atoms with Crippen molar-refractivity contribution in [3.8, 4) is 0 Å². The fourth-order valence-electron chi connectivity index (χ4n) is 1.20. The molecule has 1 aliphatic heterocycles. The fraction of sp³-hybridized carbons (Fsp3) is 0.667. The first-order valence-electron chi connectivity index (χ1n) is 3.65. The molecule has 1 fully saturated rings. The number of carbonyl (C=O) groups excluding carboxylic acids is 1. The minimum atomic E-state index is -3.50. The van der Waals surface area contributed by atoms with Gasteiger partial charge in [-0.05, 0) is 0 Å². The lowest BCUT2D eigenvalue weighted by Gasteiger charge is -2.16. The molecule has 1 amide bonds. The maximum atomic E-state index is 11.1. The quantitative estimate of drug-likeness (QED) is 0.566. The number of methoxy groups -OCH3 is 1. The van der Waals surface area contributed by atoms with E-state index in [9.17, 15) is 18.0 Å². The predicted molar refractivity (Wildman–Crippen MR) is 44.3 cm³/mol. The molecule has 0 aromatic heterocycles. The van der Waals surface area contributed by atoms with Crippen molar-refractivity contribution in [2.45, 2.75) is 6.04 Å². The highest BCUT2D eigenvalue weighted by Crippen LogP contribution is 2.16. The summed E-state index contributed by atoms with van der Waals surface area (Å²) in [5.74, 6) is -2.01. The van der Waals surface area contributed by atoms with E-state index in [0.29, 0.717) is 4.90 Å². The van der Waals surface area contributed by atoms with Gasteiger partial charge in [0.05, 0.1) is 12.9 Å². The lowest BCUT2D eigenvalue weighted by atomic mass is 10.3. The second-order valence-electron chi connectivity index (χ2n) is 2.83. The molecule has 1 atom stereocenters. The Morgan fingerprint density at radius 3 is 2.50 bits per heavy atom. The van der Waals surface area contributed by atoms with Gasteiger partial charge >= 0.3 is 12.1 Å². The third-order valence-corrected chi connectivity index (χ3v) is 3.34. The average molecular weight is 223 g/mol. The Kier molecular flexibility index (Phi) is 2.65. The fourth-order valence-corrected chi connectivity index (χ4v) is 2.82. The average Bonchev–Trinajstić information content (AvgIpc) is 2.40. The van der Waals surface area contributed by atoms with E-state index in [-0.39, 0.29) is 0 Å². The summed E-state index contributed by atoms with van der Waals surface area (Å²) in [6.45, 7) is 0. The van der Waals surface area contributed by atoms with E-state index in [1.165, 1.54) is 0 Å². The summed E-state index contributed by atoms with van der Waals surface area (Å²) >= 11 is 0. The Morgan fingerprint density at radius 2 is 2.07 bits per heavy atom. The SMILES string of the molecule is COC(=O)C1CS(=O)(=O)CN1C(=O)O. The Morgan fingerprint density at radius 1 is 1.50 bits per heavy atom. The molecule has 1 heterocycles. The Bertz CT molecular complexity index is 361. The van der Waals surface area contributed by atoms with E-state index < -0.39 is 39.6 Å². The summed E-state index contributed by atoms with van der Waals surface area (Å²) in [5.41, 5.74) is 0. The zero-order valence-electron chi connectivity index (χ0n) is 7.34. The van der Waals surface area contributed by atoms with E-state index in [4.69, 9.17) is 5.11 Å². The molecule has 0 saturated carbocycles. The van der Waals surface area contributed by atoms with E-state index in [0.717, 1.165) is 7.11 Å². The van der Waals surface area contributed by atoms with E-state index in [1.807, 2.05) is 0 Å². The van der Waals surface area contributed by atoms with Crippen molar-refractivity contribution in [3.63, 3.8) is 0 Å². The van der Waals surface area contributed by atoms with Crippen LogP contribution in [0.2, 0.25) is 0 Å². The molecule has 0 aromatic rings. The van der Waals surface area contributed by atoms with Gasteiger partial charge in [-0.2, -0.15) is 0 Å². The second kappa shape index (κ2) is 3.45. The summed E-state index contributed by atoms with van der Waals surface area (Å²) in [5, 5.41) is 8.61. The van der Waals surface area contributed by atoms with Gasteiger partial charge in [0.2, 0.25) is 0 Å². The van der Waals surface area contributed by atoms with Crippen molar-refractivity contribution in [2.75, 3.05) is 18.7 Å². The Balaban J connectivity index is 2.94. The first-order valence-corrected chi connectivity index (χ1v) is 5.47. The predicted octanol–water partition coefficient (Wildman–Crippen LogP) is -1.11. The summed E-state index contributed by atoms with van der Waals surface area (Å²) in [6, 6.07) is -1.23. The van der Waals surface area contributed by atoms with Crippen LogP contribution in [0.3, 0.4) is 0 Å². The molecule has 1 unspecified atom stereocenters. The van der Waals surface area contributed by atoms with Gasteiger partial charge in [0.25, 0.3) is 0 Å². The summed E-state index contributed by atoms with van der Waals surface area (Å²) in [7, 11) is -2.42. The van der Waals surface area contributed by atoms with Gasteiger partial charge in [-0.3, -0.25) is 4.90 Å². The maximum Gasteiger partial charge on any atom is 0.408 e. The van der Waals surface area contributed by atoms with E-state index in [1.54, 1.807) is 0 Å². The van der Waals surface area contributed by atoms with Gasteiger partial charge in [-0.15, -0.1) is 0 Å². The van der Waals surface area contributed by atoms with Crippen LogP contribution in [0.4, 0.5) is 4.79 Å². The largest absolute Gasteiger partial charge is 0.467 e. The highest BCUT2D eigenvalue weighted by Gasteiger charge is 2.43. The number of sulfone groups is 1. The first kappa shape index (κ1) is 10.8. The van der Waals surface area contributed by atoms with Crippen molar-refractivity contribution < 1.29 is 27.9 Å². The van der Waals surface area contributed by atoms with Crippen LogP contribution in [0.1, 0.15) is 0 Å². The van der Waals surface area contributed by atoms with Crippen molar-refractivity contribution in [2.24, 2.45) is 0 Å². The van der Waals surface area contributed by atoms with Crippen LogP contribution >= 0.6 is 0 Å². The van der Waals surface area contributed by atoms with Crippen LogP contribution in [-0.4, -0.2) is 55.3 Å². The number of hydrogen-bond acceptors (Lipinski definition) is 5. The van der Waals surface area contributed by atoms with Gasteiger partial charge in [0.15, 0.2) is 9.84 Å². The summed E-state index contributed by atoms with van der Waals surface area (Å²) < 4.78 is 26.4. The molecule has 1 saturated heterocycles. The number of nitrogens with zero attached hydrogens (tertiary/aromatic N) is 1. The van der Waals surface area contributed by atoms with Crippen LogP contribution in [0.15, 0.2) is 0 Å². The van der Waals surface area contributed by atoms with E-state index in [2.05, 4.69) is 4.74 Å². The van der Waals surface area contributed by atoms with Gasteiger partial charge in [-0.1, -0.05) is 0 Å². The summed E-state index contributed by atoms with van der Waals surface area (Å²) in [4.78, 5) is 22.2. The molecule has 14 heavy (non-hydrogen) atoms. The lowest BCUT2D eigenvalue weighted by Crippen LogP contribution is -2.41. The van der Waals surface area contributed by atoms with Crippen molar-refractivity contribution in [1.82, 2.24) is 4.90 Å². The molecule has 1 rings (SSSR count). The molecule has 7 nitrogen and oxygen atoms in total. The third-order valence-electron chi connectivity index (χ3n) is 1.84. The number of amides is 1. The third kappa shape index (κ3) is 1.95. The zero-order valence-corrected chi connectivity index (χ0v) is 8.15. The molecule has 1 aliphatic rings. The number of ether oxygens (including phenoxy) is 1. The molecule has 8 heteroatoms. The standard InChI is InChI=1S/C6H9NO6S/c1-13-5(8)4-2-14(11,12)3-7(4)6(9)10/h4H,2-3H2,1H3,(H,9,10). The van der Waals surface area contributed by atoms with Crippen molar-refractivity contribution >= 4 is 21.9 Å². The van der Waals surface area contributed by atoms with Crippen LogP contribution in [0.25, 0.3) is 0 Å². The molecule has 1 N–H and O–H groups in total. The molecule has 0 aromatic carbocycles. The molecular weight excluding hydrogens is 214 g/mol. The molecule has 80 valence electrons. The topological polar surface area (TPSA) is 101 Å². The molecule has 0 spiro atoms. The minimum absolute atomic E-state index is 0.508. The lowest BCUT2D eigenvalue weighted by molar-refractivity contribution is -0.144. The Hall–Kier alpha value is -1.31.